The molecule has 2 saturated carbocycles. The van der Waals surface area contributed by atoms with Crippen molar-refractivity contribution in [1.29, 1.82) is 0 Å². The molecule has 0 aromatic heterocycles. The summed E-state index contributed by atoms with van der Waals surface area (Å²) in [6, 6.07) is 4.77. The molecule has 0 bridgehead atoms. The van der Waals surface area contributed by atoms with Crippen LogP contribution in [0.2, 0.25) is 0 Å². The average molecular weight is 332 g/mol. The summed E-state index contributed by atoms with van der Waals surface area (Å²) in [4.78, 5) is 16.8. The minimum Gasteiger partial charge on any atom is -0.455 e. The van der Waals surface area contributed by atoms with Gasteiger partial charge in [-0.3, -0.25) is 0 Å². The number of hydrogen-bond donors (Lipinski definition) is 0. The zero-order valence-electron chi connectivity index (χ0n) is 14.3. The van der Waals surface area contributed by atoms with Crippen LogP contribution in [0, 0.1) is 11.7 Å². The summed E-state index contributed by atoms with van der Waals surface area (Å²) in [5, 5.41) is 0. The first-order valence-electron chi connectivity index (χ1n) is 9.11. The van der Waals surface area contributed by atoms with E-state index in [-0.39, 0.29) is 17.4 Å². The number of carbonyl (C=O) groups excluding carboxylic acids is 1. The third-order valence-corrected chi connectivity index (χ3v) is 5.70. The molecule has 0 spiro atoms. The number of nitrogens with zero attached hydrogens (tertiary/aromatic N) is 2. The third kappa shape index (κ3) is 3.02. The van der Waals surface area contributed by atoms with Crippen LogP contribution in [0.25, 0.3) is 0 Å². The van der Waals surface area contributed by atoms with Gasteiger partial charge in [-0.25, -0.2) is 9.18 Å². The van der Waals surface area contributed by atoms with Crippen LogP contribution in [0.4, 0.5) is 10.1 Å². The molecule has 3 fully saturated rings. The highest BCUT2D eigenvalue weighted by Gasteiger charge is 2.57. The lowest BCUT2D eigenvalue weighted by Crippen LogP contribution is -2.46. The van der Waals surface area contributed by atoms with Crippen LogP contribution in [-0.4, -0.2) is 49.2 Å². The number of rotatable bonds is 5. The Hall–Kier alpha value is -1.62. The first-order chi connectivity index (χ1) is 11.6. The molecule has 1 heterocycles. The second kappa shape index (κ2) is 6.03. The molecule has 0 N–H and O–H groups in total. The molecule has 1 aromatic carbocycles. The average Bonchev–Trinajstić information content (AvgIpc) is 3.48. The van der Waals surface area contributed by atoms with Crippen LogP contribution in [0.15, 0.2) is 18.2 Å². The van der Waals surface area contributed by atoms with Gasteiger partial charge < -0.3 is 14.5 Å². The molecule has 0 amide bonds. The van der Waals surface area contributed by atoms with Gasteiger partial charge >= 0.3 is 5.97 Å². The highest BCUT2D eigenvalue weighted by molar-refractivity contribution is 5.90. The summed E-state index contributed by atoms with van der Waals surface area (Å²) in [7, 11) is 0. The highest BCUT2D eigenvalue weighted by Crippen LogP contribution is 2.56. The van der Waals surface area contributed by atoms with Gasteiger partial charge in [0.05, 0.1) is 11.3 Å². The Morgan fingerprint density at radius 1 is 1.25 bits per heavy atom. The SMILES string of the molecule is CCN1CCN(c2ccc(C(=O)OC3(C4CC4)CC3)cc2F)CC1. The first-order valence-corrected chi connectivity index (χ1v) is 9.11. The van der Waals surface area contributed by atoms with Crippen LogP contribution < -0.4 is 4.90 Å². The molecule has 130 valence electrons. The van der Waals surface area contributed by atoms with Gasteiger partial charge in [0.1, 0.15) is 11.4 Å². The van der Waals surface area contributed by atoms with Crippen molar-refractivity contribution in [3.8, 4) is 0 Å². The maximum absolute atomic E-state index is 14.5. The minimum absolute atomic E-state index is 0.220. The standard InChI is InChI=1S/C19H25FN2O2/c1-2-21-9-11-22(12-10-21)17-6-3-14(13-16(17)20)18(23)24-19(7-8-19)15-4-5-15/h3,6,13,15H,2,4-5,7-12H2,1H3. The number of anilines is 1. The van der Waals surface area contributed by atoms with E-state index in [9.17, 15) is 9.18 Å². The van der Waals surface area contributed by atoms with E-state index in [0.29, 0.717) is 17.2 Å². The van der Waals surface area contributed by atoms with Gasteiger partial charge in [0.2, 0.25) is 0 Å². The van der Waals surface area contributed by atoms with Gasteiger partial charge in [-0.15, -0.1) is 0 Å². The molecule has 5 heteroatoms. The van der Waals surface area contributed by atoms with Crippen molar-refractivity contribution in [2.45, 2.75) is 38.2 Å². The third-order valence-electron chi connectivity index (χ3n) is 5.70. The zero-order valence-corrected chi connectivity index (χ0v) is 14.3. The van der Waals surface area contributed by atoms with E-state index in [2.05, 4.69) is 16.7 Å². The van der Waals surface area contributed by atoms with Crippen LogP contribution >= 0.6 is 0 Å². The Balaban J connectivity index is 1.43. The van der Waals surface area contributed by atoms with Gasteiger partial charge in [-0.1, -0.05) is 6.92 Å². The van der Waals surface area contributed by atoms with Crippen molar-refractivity contribution in [3.63, 3.8) is 0 Å². The molecule has 1 aromatic rings. The molecule has 4 nitrogen and oxygen atoms in total. The number of likely N-dealkylation sites (N-methyl/N-ethyl adjacent to an activating group) is 1. The minimum atomic E-state index is -0.374. The number of hydrogen-bond acceptors (Lipinski definition) is 4. The maximum Gasteiger partial charge on any atom is 0.338 e. The van der Waals surface area contributed by atoms with Gasteiger partial charge in [-0.05, 0) is 56.3 Å². The van der Waals surface area contributed by atoms with Crippen LogP contribution in [0.1, 0.15) is 43.0 Å². The summed E-state index contributed by atoms with van der Waals surface area (Å²) >= 11 is 0. The normalized spacial score (nSPS) is 23.2. The molecule has 24 heavy (non-hydrogen) atoms. The summed E-state index contributed by atoms with van der Waals surface area (Å²) < 4.78 is 20.2. The van der Waals surface area contributed by atoms with Crippen molar-refractivity contribution < 1.29 is 13.9 Å². The fraction of sp³-hybridized carbons (Fsp3) is 0.632. The number of ether oxygens (including phenoxy) is 1. The lowest BCUT2D eigenvalue weighted by molar-refractivity contribution is 0.0160. The molecule has 1 aliphatic heterocycles. The Labute approximate surface area is 142 Å². The molecule has 2 aliphatic carbocycles. The zero-order chi connectivity index (χ0) is 16.7. The molecule has 0 atom stereocenters. The maximum atomic E-state index is 14.5. The number of piperazine rings is 1. The van der Waals surface area contributed by atoms with Crippen molar-refractivity contribution >= 4 is 11.7 Å². The summed E-state index contributed by atoms with van der Waals surface area (Å²) in [6.07, 6.45) is 4.24. The Bertz CT molecular complexity index is 632. The van der Waals surface area contributed by atoms with Gasteiger partial charge in [-0.2, -0.15) is 0 Å². The smallest absolute Gasteiger partial charge is 0.338 e. The van der Waals surface area contributed by atoms with Crippen LogP contribution in [-0.2, 0) is 4.74 Å². The number of halogens is 1. The Morgan fingerprint density at radius 3 is 2.50 bits per heavy atom. The van der Waals surface area contributed by atoms with E-state index >= 15 is 0 Å². The van der Waals surface area contributed by atoms with E-state index in [1.54, 1.807) is 12.1 Å². The van der Waals surface area contributed by atoms with Gasteiger partial charge in [0.25, 0.3) is 0 Å². The van der Waals surface area contributed by atoms with E-state index in [0.717, 1.165) is 58.4 Å². The lowest BCUT2D eigenvalue weighted by Gasteiger charge is -2.35. The van der Waals surface area contributed by atoms with E-state index in [1.165, 1.54) is 6.07 Å². The quantitative estimate of drug-likeness (QED) is 0.776. The van der Waals surface area contributed by atoms with Crippen molar-refractivity contribution in [2.75, 3.05) is 37.6 Å². The summed E-state index contributed by atoms with van der Waals surface area (Å²) in [5.41, 5.74) is 0.698. The molecular formula is C19H25FN2O2. The molecule has 4 rings (SSSR count). The monoisotopic (exact) mass is 332 g/mol. The first kappa shape index (κ1) is 15.9. The molecule has 3 aliphatic rings. The van der Waals surface area contributed by atoms with Gasteiger partial charge in [0.15, 0.2) is 0 Å². The molecule has 0 radical (unpaired) electrons. The highest BCUT2D eigenvalue weighted by atomic mass is 19.1. The number of benzene rings is 1. The Morgan fingerprint density at radius 2 is 1.96 bits per heavy atom. The van der Waals surface area contributed by atoms with Crippen molar-refractivity contribution in [2.24, 2.45) is 5.92 Å². The van der Waals surface area contributed by atoms with E-state index in [1.807, 2.05) is 0 Å². The topological polar surface area (TPSA) is 32.8 Å². The van der Waals surface area contributed by atoms with Crippen molar-refractivity contribution in [3.05, 3.63) is 29.6 Å². The summed E-state index contributed by atoms with van der Waals surface area (Å²) in [5.74, 6) is -0.160. The fourth-order valence-corrected chi connectivity index (χ4v) is 3.77. The van der Waals surface area contributed by atoms with E-state index in [4.69, 9.17) is 4.74 Å². The number of carbonyl (C=O) groups is 1. The van der Waals surface area contributed by atoms with Gasteiger partial charge in [0, 0.05) is 26.2 Å². The predicted octanol–water partition coefficient (Wildman–Crippen LogP) is 3.07. The number of esters is 1. The van der Waals surface area contributed by atoms with Crippen LogP contribution in [0.5, 0.6) is 0 Å². The lowest BCUT2D eigenvalue weighted by atomic mass is 10.1. The van der Waals surface area contributed by atoms with Crippen LogP contribution in [0.3, 0.4) is 0 Å². The second-order valence-corrected chi connectivity index (χ2v) is 7.32. The second-order valence-electron chi connectivity index (χ2n) is 7.32. The predicted molar refractivity (Wildman–Crippen MR) is 90.8 cm³/mol. The molecule has 1 saturated heterocycles. The fourth-order valence-electron chi connectivity index (χ4n) is 3.77. The van der Waals surface area contributed by atoms with E-state index < -0.39 is 0 Å². The largest absolute Gasteiger partial charge is 0.455 e. The molecule has 0 unspecified atom stereocenters. The molecular weight excluding hydrogens is 307 g/mol. The Kier molecular flexibility index (Phi) is 3.99. The summed E-state index contributed by atoms with van der Waals surface area (Å²) in [6.45, 7) is 6.71. The van der Waals surface area contributed by atoms with Crippen molar-refractivity contribution in [1.82, 2.24) is 4.90 Å².